The third kappa shape index (κ3) is 2.09. The van der Waals surface area contributed by atoms with Crippen LogP contribution in [-0.4, -0.2) is 23.9 Å². The molecule has 0 spiro atoms. The molecule has 0 saturated heterocycles. The molecule has 80 valence electrons. The molecule has 1 aliphatic rings. The number of rotatable bonds is 3. The first-order valence-corrected chi connectivity index (χ1v) is 5.72. The number of hydrogen-bond acceptors (Lipinski definition) is 3. The second kappa shape index (κ2) is 4.14. The van der Waals surface area contributed by atoms with Gasteiger partial charge in [-0.15, -0.1) is 11.8 Å². The highest BCUT2D eigenvalue weighted by atomic mass is 32.2. The first-order valence-electron chi connectivity index (χ1n) is 4.73. The highest BCUT2D eigenvalue weighted by Gasteiger charge is 2.25. The third-order valence-corrected chi connectivity index (χ3v) is 3.77. The van der Waals surface area contributed by atoms with Crippen LogP contribution >= 0.6 is 11.8 Å². The molecule has 0 aliphatic carbocycles. The van der Waals surface area contributed by atoms with Crippen LogP contribution < -0.4 is 4.74 Å². The van der Waals surface area contributed by atoms with E-state index in [1.807, 2.05) is 18.2 Å². The fourth-order valence-electron chi connectivity index (χ4n) is 1.76. The Morgan fingerprint density at radius 3 is 3.13 bits per heavy atom. The smallest absolute Gasteiger partial charge is 0.303 e. The number of thioether (sulfide) groups is 1. The number of methoxy groups -OCH3 is 1. The Labute approximate surface area is 92.4 Å². The molecular formula is C11H12O3S. The zero-order valence-corrected chi connectivity index (χ0v) is 9.21. The van der Waals surface area contributed by atoms with E-state index in [4.69, 9.17) is 9.84 Å². The second-order valence-corrected chi connectivity index (χ2v) is 4.57. The summed E-state index contributed by atoms with van der Waals surface area (Å²) in [5.41, 5.74) is 1.11. The summed E-state index contributed by atoms with van der Waals surface area (Å²) in [5.74, 6) is 1.04. The minimum Gasteiger partial charge on any atom is -0.497 e. The van der Waals surface area contributed by atoms with Gasteiger partial charge in [0, 0.05) is 16.6 Å². The molecule has 1 unspecified atom stereocenters. The van der Waals surface area contributed by atoms with Gasteiger partial charge in [-0.2, -0.15) is 0 Å². The molecule has 0 aromatic heterocycles. The normalized spacial score (nSPS) is 18.6. The summed E-state index contributed by atoms with van der Waals surface area (Å²) in [5, 5.41) is 8.79. The van der Waals surface area contributed by atoms with Crippen molar-refractivity contribution in [2.45, 2.75) is 17.2 Å². The number of carboxylic acid groups (broad SMARTS) is 1. The largest absolute Gasteiger partial charge is 0.497 e. The maximum absolute atomic E-state index is 10.7. The van der Waals surface area contributed by atoms with Crippen molar-refractivity contribution in [3.63, 3.8) is 0 Å². The van der Waals surface area contributed by atoms with Gasteiger partial charge in [0.1, 0.15) is 5.75 Å². The summed E-state index contributed by atoms with van der Waals surface area (Å²) in [6, 6.07) is 5.86. The molecule has 0 fully saturated rings. The van der Waals surface area contributed by atoms with Gasteiger partial charge in [0.25, 0.3) is 0 Å². The first kappa shape index (κ1) is 10.4. The van der Waals surface area contributed by atoms with E-state index in [-0.39, 0.29) is 12.3 Å². The maximum Gasteiger partial charge on any atom is 0.303 e. The van der Waals surface area contributed by atoms with Crippen molar-refractivity contribution in [2.75, 3.05) is 12.9 Å². The lowest BCUT2D eigenvalue weighted by atomic mass is 9.98. The van der Waals surface area contributed by atoms with E-state index in [0.29, 0.717) is 0 Å². The van der Waals surface area contributed by atoms with Gasteiger partial charge in [0.15, 0.2) is 0 Å². The number of benzene rings is 1. The van der Waals surface area contributed by atoms with Gasteiger partial charge in [-0.25, -0.2) is 0 Å². The van der Waals surface area contributed by atoms with Gasteiger partial charge in [-0.3, -0.25) is 4.79 Å². The maximum atomic E-state index is 10.7. The average Bonchev–Trinajstić information content (AvgIpc) is 2.60. The van der Waals surface area contributed by atoms with Crippen LogP contribution in [-0.2, 0) is 4.79 Å². The van der Waals surface area contributed by atoms with Crippen molar-refractivity contribution in [1.29, 1.82) is 0 Å². The van der Waals surface area contributed by atoms with E-state index < -0.39 is 5.97 Å². The molecule has 3 nitrogen and oxygen atoms in total. The summed E-state index contributed by atoms with van der Waals surface area (Å²) in [7, 11) is 1.62. The molecule has 1 aromatic rings. The van der Waals surface area contributed by atoms with Crippen LogP contribution in [0.4, 0.5) is 0 Å². The molecule has 0 saturated carbocycles. The molecule has 1 N–H and O–H groups in total. The molecule has 1 aliphatic heterocycles. The summed E-state index contributed by atoms with van der Waals surface area (Å²) >= 11 is 1.72. The molecule has 4 heteroatoms. The molecule has 0 bridgehead atoms. The van der Waals surface area contributed by atoms with Gasteiger partial charge >= 0.3 is 5.97 Å². The summed E-state index contributed by atoms with van der Waals surface area (Å²) in [6.07, 6.45) is 0.202. The summed E-state index contributed by atoms with van der Waals surface area (Å²) in [6.45, 7) is 0. The van der Waals surface area contributed by atoms with E-state index in [9.17, 15) is 4.79 Å². The number of aliphatic carboxylic acids is 1. The first-order chi connectivity index (χ1) is 7.20. The fraction of sp³-hybridized carbons (Fsp3) is 0.364. The number of fused-ring (bicyclic) bond motifs is 1. The Kier molecular flexibility index (Phi) is 2.86. The van der Waals surface area contributed by atoms with Gasteiger partial charge in [0.05, 0.1) is 13.5 Å². The van der Waals surface area contributed by atoms with Crippen molar-refractivity contribution in [3.8, 4) is 5.75 Å². The highest BCUT2D eigenvalue weighted by Crippen LogP contribution is 2.42. The number of carboxylic acids is 1. The predicted molar refractivity (Wildman–Crippen MR) is 58.7 cm³/mol. The second-order valence-electron chi connectivity index (χ2n) is 3.51. The SMILES string of the molecule is COc1ccc2c(c1)C(CC(=O)O)CS2. The zero-order valence-electron chi connectivity index (χ0n) is 8.40. The predicted octanol–water partition coefficient (Wildman–Crippen LogP) is 2.36. The van der Waals surface area contributed by atoms with Crippen molar-refractivity contribution in [2.24, 2.45) is 0 Å². The number of ether oxygens (including phenoxy) is 1. The lowest BCUT2D eigenvalue weighted by molar-refractivity contribution is -0.137. The topological polar surface area (TPSA) is 46.5 Å². The molecule has 1 atom stereocenters. The average molecular weight is 224 g/mol. The van der Waals surface area contributed by atoms with E-state index >= 15 is 0 Å². The van der Waals surface area contributed by atoms with Gasteiger partial charge in [-0.1, -0.05) is 0 Å². The lowest BCUT2D eigenvalue weighted by Gasteiger charge is -2.08. The quantitative estimate of drug-likeness (QED) is 0.856. The van der Waals surface area contributed by atoms with Crippen LogP contribution in [0.5, 0.6) is 5.75 Å². The van der Waals surface area contributed by atoms with Gasteiger partial charge in [0.2, 0.25) is 0 Å². The van der Waals surface area contributed by atoms with Crippen LogP contribution in [0, 0.1) is 0 Å². The molecule has 0 radical (unpaired) electrons. The number of carbonyl (C=O) groups is 1. The Balaban J connectivity index is 2.27. The Bertz CT molecular complexity index is 389. The van der Waals surface area contributed by atoms with Crippen molar-refractivity contribution in [1.82, 2.24) is 0 Å². The molecule has 15 heavy (non-hydrogen) atoms. The molecule has 1 aromatic carbocycles. The Hall–Kier alpha value is -1.16. The van der Waals surface area contributed by atoms with Crippen molar-refractivity contribution in [3.05, 3.63) is 23.8 Å². The molecule has 2 rings (SSSR count). The minimum absolute atomic E-state index is 0.123. The van der Waals surface area contributed by atoms with Crippen LogP contribution in [0.25, 0.3) is 0 Å². The molecule has 1 heterocycles. The third-order valence-electron chi connectivity index (χ3n) is 2.52. The molecular weight excluding hydrogens is 212 g/mol. The summed E-state index contributed by atoms with van der Waals surface area (Å²) < 4.78 is 5.14. The number of hydrogen-bond donors (Lipinski definition) is 1. The van der Waals surface area contributed by atoms with E-state index in [2.05, 4.69) is 0 Å². The van der Waals surface area contributed by atoms with Gasteiger partial charge in [-0.05, 0) is 23.8 Å². The monoisotopic (exact) mass is 224 g/mol. The van der Waals surface area contributed by atoms with E-state index in [0.717, 1.165) is 17.1 Å². The van der Waals surface area contributed by atoms with Crippen molar-refractivity contribution < 1.29 is 14.6 Å². The highest BCUT2D eigenvalue weighted by molar-refractivity contribution is 7.99. The molecule has 0 amide bonds. The fourth-order valence-corrected chi connectivity index (χ4v) is 3.00. The van der Waals surface area contributed by atoms with Crippen LogP contribution in [0.15, 0.2) is 23.1 Å². The Morgan fingerprint density at radius 2 is 2.47 bits per heavy atom. The van der Waals surface area contributed by atoms with Crippen LogP contribution in [0.3, 0.4) is 0 Å². The lowest BCUT2D eigenvalue weighted by Crippen LogP contribution is -2.05. The van der Waals surface area contributed by atoms with Gasteiger partial charge < -0.3 is 9.84 Å². The van der Waals surface area contributed by atoms with E-state index in [1.165, 1.54) is 4.90 Å². The van der Waals surface area contributed by atoms with Crippen molar-refractivity contribution >= 4 is 17.7 Å². The summed E-state index contributed by atoms with van der Waals surface area (Å²) in [4.78, 5) is 11.9. The minimum atomic E-state index is -0.740. The van der Waals surface area contributed by atoms with Crippen LogP contribution in [0.1, 0.15) is 17.9 Å². The Morgan fingerprint density at radius 1 is 1.67 bits per heavy atom. The zero-order chi connectivity index (χ0) is 10.8. The van der Waals surface area contributed by atoms with E-state index in [1.54, 1.807) is 18.9 Å². The van der Waals surface area contributed by atoms with Crippen LogP contribution in [0.2, 0.25) is 0 Å². The standard InChI is InChI=1S/C11H12O3S/c1-14-8-2-3-10-9(5-8)7(6-15-10)4-11(12)13/h2-3,5,7H,4,6H2,1H3,(H,12,13).